The second-order valence-electron chi connectivity index (χ2n) is 1.75. The number of hydrogen-bond donors (Lipinski definition) is 2. The topological polar surface area (TPSA) is 40.5 Å². The van der Waals surface area contributed by atoms with E-state index in [0.717, 1.165) is 0 Å². The van der Waals surface area contributed by atoms with Crippen molar-refractivity contribution in [3.05, 3.63) is 0 Å². The van der Waals surface area contributed by atoms with Gasteiger partial charge in [0, 0.05) is 0 Å². The summed E-state index contributed by atoms with van der Waals surface area (Å²) < 4.78 is -0.875. The Bertz CT molecular complexity index is 84.6. The van der Waals surface area contributed by atoms with Crippen LogP contribution in [0.5, 0.6) is 0 Å². The third-order valence-electron chi connectivity index (χ3n) is 0.910. The van der Waals surface area contributed by atoms with Crippen LogP contribution in [0.3, 0.4) is 0 Å². The summed E-state index contributed by atoms with van der Waals surface area (Å²) in [5.41, 5.74) is 0. The second kappa shape index (κ2) is 3.89. The van der Waals surface area contributed by atoms with Gasteiger partial charge in [0.1, 0.15) is 0 Å². The molecule has 2 atom stereocenters. The van der Waals surface area contributed by atoms with Gasteiger partial charge in [-0.25, -0.2) is 0 Å². The van der Waals surface area contributed by atoms with Gasteiger partial charge in [-0.3, -0.25) is 0 Å². The third kappa shape index (κ3) is 3.04. The van der Waals surface area contributed by atoms with E-state index in [4.69, 9.17) is 10.2 Å². The summed E-state index contributed by atoms with van der Waals surface area (Å²) >= 11 is 4.01. The van der Waals surface area contributed by atoms with Gasteiger partial charge in [-0.05, 0) is 0 Å². The molecule has 0 saturated heterocycles. The molecule has 0 bridgehead atoms. The van der Waals surface area contributed by atoms with Crippen molar-refractivity contribution in [1.82, 2.24) is 0 Å². The Hall–Kier alpha value is 1.67. The molecule has 0 aromatic rings. The van der Waals surface area contributed by atoms with Crippen LogP contribution >= 0.6 is 25.5 Å². The zero-order valence-corrected chi connectivity index (χ0v) is 10.7. The van der Waals surface area contributed by atoms with Crippen molar-refractivity contribution in [1.29, 1.82) is 0 Å². The van der Waals surface area contributed by atoms with Crippen LogP contribution in [0.15, 0.2) is 0 Å². The number of rotatable bonds is 2. The van der Waals surface area contributed by atoms with Gasteiger partial charge in [-0.1, -0.05) is 0 Å². The van der Waals surface area contributed by atoms with Crippen molar-refractivity contribution in [2.75, 3.05) is 0 Å². The first-order chi connectivity index (χ1) is 3.89. The third-order valence-corrected chi connectivity index (χ3v) is 20.6. The molecule has 0 aromatic carbocycles. The van der Waals surface area contributed by atoms with Crippen molar-refractivity contribution in [2.24, 2.45) is 0 Å². The van der Waals surface area contributed by atoms with Crippen molar-refractivity contribution in [3.63, 3.8) is 0 Å². The van der Waals surface area contributed by atoms with Crippen molar-refractivity contribution in [2.45, 2.75) is 22.2 Å². The van der Waals surface area contributed by atoms with Crippen LogP contribution in [0.4, 0.5) is 0 Å². The first-order valence-electron chi connectivity index (χ1n) is 2.45. The minimum absolute atomic E-state index is 0.437. The molecule has 5 heteroatoms. The Balaban J connectivity index is 4.01. The number of halogens is 2. The molecular weight excluding hydrogens is 367 g/mol. The zero-order valence-electron chi connectivity index (χ0n) is 5.21. The summed E-state index contributed by atoms with van der Waals surface area (Å²) in [6, 6.07) is 0. The molecule has 0 amide bonds. The average Bonchev–Trinajstić information content (AvgIpc) is 1.65. The fourth-order valence-corrected chi connectivity index (χ4v) is 1.91. The molecule has 2 N–H and O–H groups in total. The average molecular weight is 378 g/mol. The molecule has 0 aliphatic heterocycles. The standard InChI is InChI=1S/C4H10Br2O2Te/c1-3(7)9(5,6)4(2)8/h3-4,7-8H,1-2H3. The molecule has 0 aliphatic carbocycles. The minimum atomic E-state index is -2.62. The molecule has 0 rings (SSSR count). The van der Waals surface area contributed by atoms with E-state index < -0.39 is 22.1 Å². The van der Waals surface area contributed by atoms with Crippen LogP contribution in [0.25, 0.3) is 0 Å². The predicted octanol–water partition coefficient (Wildman–Crippen LogP) is 1.06. The molecule has 0 aromatic heterocycles. The quantitative estimate of drug-likeness (QED) is 0.707. The van der Waals surface area contributed by atoms with Gasteiger partial charge < -0.3 is 0 Å². The maximum atomic E-state index is 9.08. The number of aliphatic hydroxyl groups is 2. The first kappa shape index (κ1) is 10.7. The molecule has 0 heterocycles. The van der Waals surface area contributed by atoms with Crippen LogP contribution in [0.2, 0.25) is 0 Å². The molecule has 2 unspecified atom stereocenters. The van der Waals surface area contributed by atoms with Gasteiger partial charge in [0.25, 0.3) is 0 Å². The molecule has 0 aliphatic rings. The summed E-state index contributed by atoms with van der Waals surface area (Å²) in [5, 5.41) is 18.2. The Morgan fingerprint density at radius 2 is 1.33 bits per heavy atom. The summed E-state index contributed by atoms with van der Waals surface area (Å²) in [6.07, 6.45) is 0. The summed E-state index contributed by atoms with van der Waals surface area (Å²) in [6.45, 7) is 3.36. The second-order valence-corrected chi connectivity index (χ2v) is 29.0. The molecule has 2 nitrogen and oxygen atoms in total. The maximum absolute atomic E-state index is 9.08. The van der Waals surface area contributed by atoms with Gasteiger partial charge in [0.2, 0.25) is 0 Å². The zero-order chi connectivity index (χ0) is 7.65. The summed E-state index contributed by atoms with van der Waals surface area (Å²) in [5.74, 6) is 0. The van der Waals surface area contributed by atoms with Crippen LogP contribution in [-0.2, 0) is 0 Å². The summed E-state index contributed by atoms with van der Waals surface area (Å²) in [7, 11) is 0. The monoisotopic (exact) mass is 378 g/mol. The van der Waals surface area contributed by atoms with Gasteiger partial charge in [0.05, 0.1) is 0 Å². The van der Waals surface area contributed by atoms with E-state index in [-0.39, 0.29) is 0 Å². The molecule has 9 heavy (non-hydrogen) atoms. The predicted molar refractivity (Wildman–Crippen MR) is 47.0 cm³/mol. The molecule has 0 spiro atoms. The van der Waals surface area contributed by atoms with Crippen LogP contribution in [0.1, 0.15) is 13.8 Å². The van der Waals surface area contributed by atoms with Crippen LogP contribution in [-0.4, -0.2) is 32.3 Å². The number of hydrogen-bond acceptors (Lipinski definition) is 2. The van der Waals surface area contributed by atoms with Gasteiger partial charge >= 0.3 is 71.6 Å². The fraction of sp³-hybridized carbons (Fsp3) is 1.00. The fourth-order valence-electron chi connectivity index (χ4n) is 0.285. The van der Waals surface area contributed by atoms with Crippen LogP contribution in [0, 0.1) is 0 Å². The van der Waals surface area contributed by atoms with Crippen molar-refractivity contribution < 1.29 is 10.2 Å². The SMILES string of the molecule is CC(O)[Te](Br)(Br)C(C)O. The van der Waals surface area contributed by atoms with Crippen molar-refractivity contribution >= 4 is 39.3 Å². The Morgan fingerprint density at radius 3 is 1.33 bits per heavy atom. The van der Waals surface area contributed by atoms with E-state index in [0.29, 0.717) is 0 Å². The van der Waals surface area contributed by atoms with E-state index in [1.54, 1.807) is 13.8 Å². The Labute approximate surface area is 71.0 Å². The van der Waals surface area contributed by atoms with E-state index in [2.05, 4.69) is 25.5 Å². The van der Waals surface area contributed by atoms with E-state index in [1.165, 1.54) is 0 Å². The van der Waals surface area contributed by atoms with Crippen molar-refractivity contribution in [3.8, 4) is 0 Å². The Morgan fingerprint density at radius 1 is 1.11 bits per heavy atom. The molecule has 0 radical (unpaired) electrons. The molecule has 0 fully saturated rings. The normalized spacial score (nSPS) is 21.1. The first-order valence-corrected chi connectivity index (χ1v) is 15.6. The van der Waals surface area contributed by atoms with Gasteiger partial charge in [-0.2, -0.15) is 0 Å². The number of aliphatic hydroxyl groups excluding tert-OH is 2. The molecular formula is C4H10Br2O2Te. The van der Waals surface area contributed by atoms with E-state index >= 15 is 0 Å². The van der Waals surface area contributed by atoms with Crippen LogP contribution < -0.4 is 0 Å². The van der Waals surface area contributed by atoms with Gasteiger partial charge in [0.15, 0.2) is 0 Å². The molecule has 0 saturated carbocycles. The Kier molecular flexibility index (Phi) is 4.61. The molecule has 58 valence electrons. The van der Waals surface area contributed by atoms with E-state index in [9.17, 15) is 0 Å². The van der Waals surface area contributed by atoms with Gasteiger partial charge in [-0.15, -0.1) is 0 Å². The summed E-state index contributed by atoms with van der Waals surface area (Å²) in [4.78, 5) is 0. The van der Waals surface area contributed by atoms with E-state index in [1.807, 2.05) is 0 Å².